The van der Waals surface area contributed by atoms with Gasteiger partial charge in [-0.15, -0.1) is 0 Å². The Morgan fingerprint density at radius 2 is 1.45 bits per heavy atom. The lowest BCUT2D eigenvalue weighted by atomic mass is 9.87. The lowest BCUT2D eigenvalue weighted by molar-refractivity contribution is 0.283. The van der Waals surface area contributed by atoms with Gasteiger partial charge in [-0.25, -0.2) is 0 Å². The Bertz CT molecular complexity index is 1050. The molecular weight excluding hydrogens is 390 g/mol. The minimum atomic E-state index is 0.0357. The van der Waals surface area contributed by atoms with Crippen molar-refractivity contribution in [2.45, 2.75) is 26.0 Å². The van der Waals surface area contributed by atoms with Crippen LogP contribution in [0.2, 0.25) is 0 Å². The molecule has 0 spiro atoms. The Morgan fingerprint density at radius 3 is 2.16 bits per heavy atom. The molecule has 31 heavy (non-hydrogen) atoms. The molecule has 0 saturated heterocycles. The van der Waals surface area contributed by atoms with Crippen LogP contribution in [0.1, 0.15) is 33.9 Å². The molecule has 1 heterocycles. The van der Waals surface area contributed by atoms with Crippen molar-refractivity contribution in [3.63, 3.8) is 0 Å². The molecule has 0 bridgehead atoms. The van der Waals surface area contributed by atoms with Crippen LogP contribution in [0.3, 0.4) is 0 Å². The molecular formula is C26H29NO4. The van der Waals surface area contributed by atoms with Crippen LogP contribution in [0.25, 0.3) is 0 Å². The average molecular weight is 420 g/mol. The number of hydrogen-bond donors (Lipinski definition) is 1. The van der Waals surface area contributed by atoms with Crippen molar-refractivity contribution < 1.29 is 18.9 Å². The Labute approximate surface area is 183 Å². The first-order valence-corrected chi connectivity index (χ1v) is 10.5. The zero-order valence-electron chi connectivity index (χ0n) is 18.5. The van der Waals surface area contributed by atoms with Crippen molar-refractivity contribution in [3.8, 4) is 23.0 Å². The van der Waals surface area contributed by atoms with Gasteiger partial charge in [0, 0.05) is 6.54 Å². The summed E-state index contributed by atoms with van der Waals surface area (Å²) in [7, 11) is 5.02. The molecule has 1 unspecified atom stereocenters. The molecule has 1 aliphatic heterocycles. The zero-order chi connectivity index (χ0) is 21.8. The quantitative estimate of drug-likeness (QED) is 0.594. The standard InChI is InChI=1S/C26H29NO4/c1-17-12-22(28-2)24(30-4)14-20(17)26-21-15-25(31-16-18-8-6-5-7-9-18)23(29-3)13-19(21)10-11-27-26/h5-9,12-15,26-27H,10-11,16H2,1-4H3. The maximum Gasteiger partial charge on any atom is 0.162 e. The van der Waals surface area contributed by atoms with Gasteiger partial charge < -0.3 is 24.3 Å². The summed E-state index contributed by atoms with van der Waals surface area (Å²) in [6.45, 7) is 3.48. The molecule has 3 aromatic carbocycles. The van der Waals surface area contributed by atoms with Crippen molar-refractivity contribution in [3.05, 3.63) is 82.4 Å². The molecule has 0 aromatic heterocycles. The average Bonchev–Trinajstić information content (AvgIpc) is 2.82. The monoisotopic (exact) mass is 419 g/mol. The molecule has 0 aliphatic carbocycles. The van der Waals surface area contributed by atoms with Crippen LogP contribution in [-0.4, -0.2) is 27.9 Å². The second-order valence-corrected chi connectivity index (χ2v) is 7.68. The molecule has 4 rings (SSSR count). The molecule has 0 amide bonds. The maximum atomic E-state index is 6.18. The fourth-order valence-electron chi connectivity index (χ4n) is 4.16. The van der Waals surface area contributed by atoms with E-state index in [1.54, 1.807) is 21.3 Å². The Kier molecular flexibility index (Phi) is 6.33. The number of methoxy groups -OCH3 is 3. The van der Waals surface area contributed by atoms with E-state index in [9.17, 15) is 0 Å². The molecule has 1 atom stereocenters. The van der Waals surface area contributed by atoms with Gasteiger partial charge in [0.05, 0.1) is 27.4 Å². The van der Waals surface area contributed by atoms with Gasteiger partial charge in [-0.1, -0.05) is 30.3 Å². The molecule has 5 heteroatoms. The summed E-state index contributed by atoms with van der Waals surface area (Å²) in [5, 5.41) is 3.67. The second-order valence-electron chi connectivity index (χ2n) is 7.68. The third kappa shape index (κ3) is 4.32. The van der Waals surface area contributed by atoms with E-state index in [2.05, 4.69) is 42.6 Å². The van der Waals surface area contributed by atoms with Crippen LogP contribution in [-0.2, 0) is 13.0 Å². The SMILES string of the molecule is COc1cc(C)c(C2NCCc3cc(OC)c(OCc4ccccc4)cc32)cc1OC. The van der Waals surface area contributed by atoms with E-state index >= 15 is 0 Å². The largest absolute Gasteiger partial charge is 0.493 e. The molecule has 0 saturated carbocycles. The topological polar surface area (TPSA) is 49.0 Å². The highest BCUT2D eigenvalue weighted by atomic mass is 16.5. The number of hydrogen-bond acceptors (Lipinski definition) is 5. The first-order valence-electron chi connectivity index (χ1n) is 10.5. The summed E-state index contributed by atoms with van der Waals surface area (Å²) >= 11 is 0. The Morgan fingerprint density at radius 1 is 0.806 bits per heavy atom. The predicted octanol–water partition coefficient (Wildman–Crippen LogP) is 4.83. The van der Waals surface area contributed by atoms with Crippen LogP contribution in [0.15, 0.2) is 54.6 Å². The molecule has 1 aliphatic rings. The molecule has 1 N–H and O–H groups in total. The van der Waals surface area contributed by atoms with Gasteiger partial charge in [0.15, 0.2) is 23.0 Å². The number of rotatable bonds is 7. The van der Waals surface area contributed by atoms with Crippen LogP contribution < -0.4 is 24.3 Å². The van der Waals surface area contributed by atoms with Gasteiger partial charge in [0.1, 0.15) is 6.61 Å². The van der Waals surface area contributed by atoms with Crippen molar-refractivity contribution in [2.24, 2.45) is 0 Å². The summed E-state index contributed by atoms with van der Waals surface area (Å²) < 4.78 is 22.9. The molecule has 5 nitrogen and oxygen atoms in total. The summed E-state index contributed by atoms with van der Waals surface area (Å²) in [5.74, 6) is 2.98. The third-order valence-corrected chi connectivity index (χ3v) is 5.80. The summed E-state index contributed by atoms with van der Waals surface area (Å²) in [5.41, 5.74) is 5.89. The fraction of sp³-hybridized carbons (Fsp3) is 0.308. The lowest BCUT2D eigenvalue weighted by Crippen LogP contribution is -2.31. The van der Waals surface area contributed by atoms with Gasteiger partial charge in [0.2, 0.25) is 0 Å². The Balaban J connectivity index is 1.72. The fourth-order valence-corrected chi connectivity index (χ4v) is 4.16. The van der Waals surface area contributed by atoms with E-state index in [1.165, 1.54) is 11.1 Å². The molecule has 0 radical (unpaired) electrons. The van der Waals surface area contributed by atoms with E-state index in [0.29, 0.717) is 6.61 Å². The summed E-state index contributed by atoms with van der Waals surface area (Å²) in [6.07, 6.45) is 0.938. The number of fused-ring (bicyclic) bond motifs is 1. The smallest absolute Gasteiger partial charge is 0.162 e. The van der Waals surface area contributed by atoms with Crippen LogP contribution in [0, 0.1) is 6.92 Å². The van der Waals surface area contributed by atoms with Crippen LogP contribution >= 0.6 is 0 Å². The minimum absolute atomic E-state index is 0.0357. The van der Waals surface area contributed by atoms with E-state index < -0.39 is 0 Å². The number of aryl methyl sites for hydroxylation is 1. The number of ether oxygens (including phenoxy) is 4. The van der Waals surface area contributed by atoms with E-state index in [-0.39, 0.29) is 6.04 Å². The third-order valence-electron chi connectivity index (χ3n) is 5.80. The normalized spacial score (nSPS) is 15.2. The van der Waals surface area contributed by atoms with Crippen LogP contribution in [0.4, 0.5) is 0 Å². The maximum absolute atomic E-state index is 6.18. The summed E-state index contributed by atoms with van der Waals surface area (Å²) in [6, 6.07) is 18.5. The van der Waals surface area contributed by atoms with Gasteiger partial charge in [0.25, 0.3) is 0 Å². The first kappa shape index (κ1) is 21.1. The highest BCUT2D eigenvalue weighted by molar-refractivity contribution is 5.55. The number of benzene rings is 3. The van der Waals surface area contributed by atoms with Gasteiger partial charge in [-0.05, 0) is 65.4 Å². The molecule has 0 fully saturated rings. The van der Waals surface area contributed by atoms with E-state index in [1.807, 2.05) is 24.3 Å². The molecule has 3 aromatic rings. The van der Waals surface area contributed by atoms with Crippen molar-refractivity contribution in [2.75, 3.05) is 27.9 Å². The first-order chi connectivity index (χ1) is 15.1. The zero-order valence-corrected chi connectivity index (χ0v) is 18.5. The summed E-state index contributed by atoms with van der Waals surface area (Å²) in [4.78, 5) is 0. The highest BCUT2D eigenvalue weighted by Crippen LogP contribution is 2.41. The minimum Gasteiger partial charge on any atom is -0.493 e. The van der Waals surface area contributed by atoms with Gasteiger partial charge in [-0.3, -0.25) is 0 Å². The lowest BCUT2D eigenvalue weighted by Gasteiger charge is -2.30. The van der Waals surface area contributed by atoms with Gasteiger partial charge in [-0.2, -0.15) is 0 Å². The second kappa shape index (κ2) is 9.31. The van der Waals surface area contributed by atoms with Crippen LogP contribution in [0.5, 0.6) is 23.0 Å². The molecule has 162 valence electrons. The predicted molar refractivity (Wildman–Crippen MR) is 122 cm³/mol. The van der Waals surface area contributed by atoms with Crippen molar-refractivity contribution in [1.82, 2.24) is 5.32 Å². The van der Waals surface area contributed by atoms with E-state index in [4.69, 9.17) is 18.9 Å². The number of nitrogens with one attached hydrogen (secondary N) is 1. The highest BCUT2D eigenvalue weighted by Gasteiger charge is 2.26. The van der Waals surface area contributed by atoms with Crippen molar-refractivity contribution >= 4 is 0 Å². The Hall–Kier alpha value is -3.18. The van der Waals surface area contributed by atoms with Crippen molar-refractivity contribution in [1.29, 1.82) is 0 Å². The van der Waals surface area contributed by atoms with E-state index in [0.717, 1.165) is 52.7 Å². The van der Waals surface area contributed by atoms with Gasteiger partial charge >= 0.3 is 0 Å².